The molecule has 0 radical (unpaired) electrons. The van der Waals surface area contributed by atoms with Gasteiger partial charge in [0.2, 0.25) is 0 Å². The molecule has 2 heteroatoms. The Morgan fingerprint density at radius 2 is 1.82 bits per heavy atom. The van der Waals surface area contributed by atoms with E-state index in [1.165, 1.54) is 5.56 Å². The van der Waals surface area contributed by atoms with Gasteiger partial charge in [0.15, 0.2) is 5.50 Å². The molecular formula is C9H14ClN. The van der Waals surface area contributed by atoms with Gasteiger partial charge in [0, 0.05) is 6.42 Å². The lowest BCUT2D eigenvalue weighted by atomic mass is 10.2. The molecule has 0 saturated heterocycles. The molecule has 0 fully saturated rings. The Bertz CT molecular complexity index is 184. The molecule has 0 aliphatic carbocycles. The van der Waals surface area contributed by atoms with Crippen molar-refractivity contribution in [3.63, 3.8) is 0 Å². The summed E-state index contributed by atoms with van der Waals surface area (Å²) in [4.78, 5) is 0. The summed E-state index contributed by atoms with van der Waals surface area (Å²) < 4.78 is 0. The Labute approximate surface area is 73.2 Å². The average Bonchev–Trinajstić information content (AvgIpc) is 1.88. The van der Waals surface area contributed by atoms with Crippen LogP contribution in [-0.2, 0) is 6.42 Å². The molecule has 1 nitrogen and oxygen atoms in total. The fourth-order valence-corrected chi connectivity index (χ4v) is 1.05. The molecule has 0 amide bonds. The molecule has 1 unspecified atom stereocenters. The Kier molecular flexibility index (Phi) is 4.92. The SMILES string of the molecule is [CH3-].[NH3+]C(Cl)Cc1ccccc1. The predicted octanol–water partition coefficient (Wildman–Crippen LogP) is 1.49. The number of halogens is 1. The van der Waals surface area contributed by atoms with E-state index in [4.69, 9.17) is 11.6 Å². The van der Waals surface area contributed by atoms with Gasteiger partial charge < -0.3 is 13.2 Å². The van der Waals surface area contributed by atoms with Crippen molar-refractivity contribution in [2.75, 3.05) is 0 Å². The highest BCUT2D eigenvalue weighted by atomic mass is 35.5. The van der Waals surface area contributed by atoms with Crippen LogP contribution in [0, 0.1) is 7.43 Å². The van der Waals surface area contributed by atoms with Crippen LogP contribution in [0.3, 0.4) is 0 Å². The third-order valence-corrected chi connectivity index (χ3v) is 1.45. The van der Waals surface area contributed by atoms with Crippen LogP contribution in [0.5, 0.6) is 0 Å². The minimum atomic E-state index is -0.0117. The maximum absolute atomic E-state index is 5.70. The van der Waals surface area contributed by atoms with Crippen molar-refractivity contribution >= 4 is 11.6 Å². The van der Waals surface area contributed by atoms with Crippen LogP contribution in [0.2, 0.25) is 0 Å². The van der Waals surface area contributed by atoms with Crippen LogP contribution in [0.25, 0.3) is 0 Å². The van der Waals surface area contributed by atoms with Gasteiger partial charge in [0.05, 0.1) is 0 Å². The number of hydrogen-bond acceptors (Lipinski definition) is 0. The second-order valence-electron chi connectivity index (χ2n) is 2.29. The molecule has 0 heterocycles. The molecule has 62 valence electrons. The molecule has 0 aliphatic rings. The van der Waals surface area contributed by atoms with Crippen LogP contribution in [-0.4, -0.2) is 5.50 Å². The van der Waals surface area contributed by atoms with Crippen molar-refractivity contribution in [3.05, 3.63) is 43.3 Å². The van der Waals surface area contributed by atoms with Crippen LogP contribution < -0.4 is 5.73 Å². The molecule has 0 spiro atoms. The zero-order valence-corrected chi connectivity index (χ0v) is 7.51. The van der Waals surface area contributed by atoms with Crippen molar-refractivity contribution in [1.29, 1.82) is 0 Å². The number of benzene rings is 1. The summed E-state index contributed by atoms with van der Waals surface area (Å²) in [6, 6.07) is 10.1. The lowest BCUT2D eigenvalue weighted by Crippen LogP contribution is -2.58. The molecule has 11 heavy (non-hydrogen) atoms. The fraction of sp³-hybridized carbons (Fsp3) is 0.222. The maximum atomic E-state index is 5.70. The van der Waals surface area contributed by atoms with Gasteiger partial charge in [-0.15, -0.1) is 0 Å². The molecule has 1 aromatic rings. The fourth-order valence-electron chi connectivity index (χ4n) is 0.870. The zero-order valence-electron chi connectivity index (χ0n) is 6.76. The Hall–Kier alpha value is -0.530. The second kappa shape index (κ2) is 5.16. The van der Waals surface area contributed by atoms with Crippen molar-refractivity contribution in [2.45, 2.75) is 11.9 Å². The van der Waals surface area contributed by atoms with Gasteiger partial charge in [-0.25, -0.2) is 0 Å². The molecule has 0 saturated carbocycles. The first-order valence-electron chi connectivity index (χ1n) is 3.30. The molecule has 0 bridgehead atoms. The summed E-state index contributed by atoms with van der Waals surface area (Å²) in [5.74, 6) is 0. The highest BCUT2D eigenvalue weighted by Gasteiger charge is 1.99. The Balaban J connectivity index is 0.000001000. The second-order valence-corrected chi connectivity index (χ2v) is 2.90. The molecule has 1 rings (SSSR count). The van der Waals surface area contributed by atoms with Gasteiger partial charge in [0.1, 0.15) is 0 Å². The molecule has 1 atom stereocenters. The first kappa shape index (κ1) is 10.5. The van der Waals surface area contributed by atoms with Gasteiger partial charge in [-0.1, -0.05) is 41.9 Å². The standard InChI is InChI=1S/C8H10ClN.CH3/c9-8(10)6-7-4-2-1-3-5-7;/h1-5,8H,6,10H2;1H3/q;-1/p+1. The van der Waals surface area contributed by atoms with E-state index in [0.29, 0.717) is 0 Å². The number of quaternary nitrogens is 1. The van der Waals surface area contributed by atoms with E-state index in [2.05, 4.69) is 17.9 Å². The Morgan fingerprint density at radius 3 is 2.27 bits per heavy atom. The third kappa shape index (κ3) is 4.02. The predicted molar refractivity (Wildman–Crippen MR) is 49.1 cm³/mol. The zero-order chi connectivity index (χ0) is 7.40. The first-order chi connectivity index (χ1) is 4.79. The number of alkyl halides is 1. The summed E-state index contributed by atoms with van der Waals surface area (Å²) in [5, 5.41) is 0. The number of hydrogen-bond donors (Lipinski definition) is 1. The molecule has 0 aliphatic heterocycles. The van der Waals surface area contributed by atoms with E-state index in [1.807, 2.05) is 18.2 Å². The summed E-state index contributed by atoms with van der Waals surface area (Å²) in [7, 11) is 0. The number of rotatable bonds is 2. The van der Waals surface area contributed by atoms with Crippen LogP contribution in [0.4, 0.5) is 0 Å². The highest BCUT2D eigenvalue weighted by Crippen LogP contribution is 2.01. The maximum Gasteiger partial charge on any atom is 0.164 e. The topological polar surface area (TPSA) is 27.6 Å². The van der Waals surface area contributed by atoms with Gasteiger partial charge in [-0.2, -0.15) is 0 Å². The summed E-state index contributed by atoms with van der Waals surface area (Å²) in [6.07, 6.45) is 0.850. The lowest BCUT2D eigenvalue weighted by Gasteiger charge is -1.98. The summed E-state index contributed by atoms with van der Waals surface area (Å²) >= 11 is 5.70. The largest absolute Gasteiger partial charge is 0.358 e. The Morgan fingerprint density at radius 1 is 1.27 bits per heavy atom. The normalized spacial score (nSPS) is 11.8. The van der Waals surface area contributed by atoms with Crippen molar-refractivity contribution in [3.8, 4) is 0 Å². The highest BCUT2D eigenvalue weighted by molar-refractivity contribution is 6.19. The van der Waals surface area contributed by atoms with E-state index >= 15 is 0 Å². The van der Waals surface area contributed by atoms with Gasteiger partial charge in [0.25, 0.3) is 0 Å². The van der Waals surface area contributed by atoms with Crippen molar-refractivity contribution in [2.24, 2.45) is 0 Å². The minimum Gasteiger partial charge on any atom is -0.358 e. The molecule has 0 aromatic heterocycles. The smallest absolute Gasteiger partial charge is 0.164 e. The quantitative estimate of drug-likeness (QED) is 0.397. The molecular weight excluding hydrogens is 158 g/mol. The van der Waals surface area contributed by atoms with E-state index in [0.717, 1.165) is 6.42 Å². The minimum absolute atomic E-state index is 0. The van der Waals surface area contributed by atoms with E-state index in [-0.39, 0.29) is 12.9 Å². The van der Waals surface area contributed by atoms with E-state index in [1.54, 1.807) is 0 Å². The summed E-state index contributed by atoms with van der Waals surface area (Å²) in [6.45, 7) is 0. The van der Waals surface area contributed by atoms with Crippen LogP contribution in [0.15, 0.2) is 30.3 Å². The van der Waals surface area contributed by atoms with E-state index < -0.39 is 0 Å². The molecule has 1 aromatic carbocycles. The monoisotopic (exact) mass is 171 g/mol. The van der Waals surface area contributed by atoms with Gasteiger partial charge in [-0.05, 0) is 5.56 Å². The van der Waals surface area contributed by atoms with Crippen LogP contribution >= 0.6 is 11.6 Å². The molecule has 3 N–H and O–H groups in total. The lowest BCUT2D eigenvalue weighted by molar-refractivity contribution is -0.388. The average molecular weight is 172 g/mol. The van der Waals surface area contributed by atoms with Gasteiger partial charge >= 0.3 is 0 Å². The third-order valence-electron chi connectivity index (χ3n) is 1.30. The van der Waals surface area contributed by atoms with Crippen LogP contribution in [0.1, 0.15) is 5.56 Å². The van der Waals surface area contributed by atoms with Gasteiger partial charge in [-0.3, -0.25) is 0 Å². The first-order valence-corrected chi connectivity index (χ1v) is 3.74. The summed E-state index contributed by atoms with van der Waals surface area (Å²) in [5.41, 5.74) is 4.94. The van der Waals surface area contributed by atoms with E-state index in [9.17, 15) is 0 Å². The van der Waals surface area contributed by atoms with Crippen molar-refractivity contribution in [1.82, 2.24) is 0 Å². The van der Waals surface area contributed by atoms with Crippen molar-refractivity contribution < 1.29 is 5.73 Å².